The van der Waals surface area contributed by atoms with Gasteiger partial charge in [0.1, 0.15) is 94.6 Å². The van der Waals surface area contributed by atoms with Crippen molar-refractivity contribution < 1.29 is 93.8 Å². The highest BCUT2D eigenvalue weighted by Crippen LogP contribution is 2.58. The molecule has 0 radical (unpaired) electrons. The van der Waals surface area contributed by atoms with Crippen molar-refractivity contribution in [3.05, 3.63) is 239 Å². The summed E-state index contributed by atoms with van der Waals surface area (Å²) in [4.78, 5) is 122. The molecule has 2 saturated heterocycles. The first kappa shape index (κ1) is 65.6. The standard InChI is InChI=1S/C78H56F4N4O16/c79-43-15-7-19-47(29-43)99-59-33-53-65-54(74(90)85(73(53)89)57(27-41-11-3-1-4-12-41)77(93)95-25-23-63(87)83-37-51-39-97-51)34-60(100-48-20-8-16-44(80)30-48)68-70-62(102-50-22-10-18-46(82)32-50)36-56-66-55(35-61(69(72(66)70)67(59)71(65)68)101-49-21-9-17-45(81)31-49)75(91)86(76(56)92)58(28-42-13-5-2-6-14-42)78(94)96-26-24-64(88)84-38-52-40-98-52/h1-22,29-36,51-52,57-58H,23-28,37-40H2,(H,83,87)(H,84,88). The molecular weight excluding hydrogens is 1320 g/mol. The molecule has 11 aromatic rings. The van der Waals surface area contributed by atoms with Crippen LogP contribution in [0.3, 0.4) is 0 Å². The zero-order valence-corrected chi connectivity index (χ0v) is 53.6. The van der Waals surface area contributed by atoms with Crippen LogP contribution < -0.4 is 29.6 Å². The van der Waals surface area contributed by atoms with Gasteiger partial charge in [0.25, 0.3) is 23.6 Å². The Morgan fingerprint density at radius 1 is 0.392 bits per heavy atom. The van der Waals surface area contributed by atoms with Crippen LogP contribution in [0.15, 0.2) is 182 Å². The Morgan fingerprint density at radius 2 is 0.686 bits per heavy atom. The van der Waals surface area contributed by atoms with Crippen molar-refractivity contribution in [2.45, 2.75) is 50.0 Å². The van der Waals surface area contributed by atoms with Gasteiger partial charge in [0.05, 0.1) is 60.5 Å². The van der Waals surface area contributed by atoms with Gasteiger partial charge in [-0.05, 0) is 83.9 Å². The molecule has 4 unspecified atom stereocenters. The Labute approximate surface area is 576 Å². The van der Waals surface area contributed by atoms with Crippen LogP contribution in [0.5, 0.6) is 46.0 Å². The van der Waals surface area contributed by atoms with E-state index in [-0.39, 0.29) is 162 Å². The number of imide groups is 2. The minimum absolute atomic E-state index is 0.104. The molecule has 0 saturated carbocycles. The van der Waals surface area contributed by atoms with E-state index in [0.29, 0.717) is 34.1 Å². The normalized spacial score (nSPS) is 15.7. The van der Waals surface area contributed by atoms with Gasteiger partial charge in [-0.25, -0.2) is 27.2 Å². The third kappa shape index (κ3) is 13.2. The van der Waals surface area contributed by atoms with Gasteiger partial charge in [-0.15, -0.1) is 0 Å². The molecule has 0 bridgehead atoms. The first-order chi connectivity index (χ1) is 49.5. The average molecular weight is 1380 g/mol. The van der Waals surface area contributed by atoms with Crippen molar-refractivity contribution in [3.8, 4) is 46.0 Å². The highest BCUT2D eigenvalue weighted by molar-refractivity contribution is 6.45. The zero-order chi connectivity index (χ0) is 70.4. The summed E-state index contributed by atoms with van der Waals surface area (Å²) in [5.41, 5.74) is -0.330. The number of esters is 2. The van der Waals surface area contributed by atoms with E-state index >= 15 is 36.7 Å². The lowest BCUT2D eigenvalue weighted by Gasteiger charge is -2.35. The second-order valence-electron chi connectivity index (χ2n) is 24.7. The van der Waals surface area contributed by atoms with Crippen LogP contribution in [-0.2, 0) is 51.0 Å². The number of amides is 6. The molecule has 4 aliphatic rings. The number of benzene rings is 11. The molecule has 15 rings (SSSR count). The Morgan fingerprint density at radius 3 is 0.961 bits per heavy atom. The zero-order valence-electron chi connectivity index (χ0n) is 53.6. The summed E-state index contributed by atoms with van der Waals surface area (Å²) in [6, 6.07) is 38.0. The van der Waals surface area contributed by atoms with E-state index in [0.717, 1.165) is 48.5 Å². The molecule has 2 fully saturated rings. The predicted octanol–water partition coefficient (Wildman–Crippen LogP) is 12.8. The molecule has 2 N–H and O–H groups in total. The molecule has 0 aliphatic carbocycles. The molecule has 4 aliphatic heterocycles. The fourth-order valence-corrected chi connectivity index (χ4v) is 13.0. The largest absolute Gasteiger partial charge is 0.464 e. The lowest BCUT2D eigenvalue weighted by molar-refractivity contribution is -0.150. The van der Waals surface area contributed by atoms with E-state index in [4.69, 9.17) is 37.9 Å². The van der Waals surface area contributed by atoms with Crippen molar-refractivity contribution in [1.82, 2.24) is 20.4 Å². The number of hydrogen-bond acceptors (Lipinski definition) is 16. The second-order valence-corrected chi connectivity index (χ2v) is 24.7. The summed E-state index contributed by atoms with van der Waals surface area (Å²) in [5.74, 6) is -12.6. The van der Waals surface area contributed by atoms with Crippen molar-refractivity contribution in [3.63, 3.8) is 0 Å². The molecule has 24 heteroatoms. The Hall–Kier alpha value is -12.3. The number of carbonyl (C=O) groups excluding carboxylic acids is 8. The molecule has 6 amide bonds. The number of fused-ring (bicyclic) bond motifs is 2. The van der Waals surface area contributed by atoms with Crippen molar-refractivity contribution in [1.29, 1.82) is 0 Å². The quantitative estimate of drug-likeness (QED) is 0.0128. The maximum Gasteiger partial charge on any atom is 0.329 e. The van der Waals surface area contributed by atoms with E-state index < -0.39 is 95.9 Å². The number of hydrogen-bond donors (Lipinski definition) is 2. The van der Waals surface area contributed by atoms with Crippen molar-refractivity contribution >= 4 is 90.5 Å². The Kier molecular flexibility index (Phi) is 17.7. The number of epoxide rings is 2. The third-order valence-electron chi connectivity index (χ3n) is 17.8. The van der Waals surface area contributed by atoms with E-state index in [9.17, 15) is 19.2 Å². The van der Waals surface area contributed by atoms with Crippen LogP contribution in [-0.4, -0.2) is 121 Å². The average Bonchev–Trinajstić information content (AvgIpc) is 0.748. The summed E-state index contributed by atoms with van der Waals surface area (Å²) >= 11 is 0. The fraction of sp³-hybridized carbons (Fsp3) is 0.179. The summed E-state index contributed by atoms with van der Waals surface area (Å²) < 4.78 is 112. The van der Waals surface area contributed by atoms with E-state index in [1.165, 1.54) is 72.8 Å². The van der Waals surface area contributed by atoms with Crippen molar-refractivity contribution in [2.24, 2.45) is 0 Å². The number of nitrogens with zero attached hydrogens (tertiary/aromatic N) is 2. The number of ether oxygens (including phenoxy) is 8. The van der Waals surface area contributed by atoms with E-state index in [1.807, 2.05) is 0 Å². The van der Waals surface area contributed by atoms with E-state index in [1.54, 1.807) is 60.7 Å². The first-order valence-electron chi connectivity index (χ1n) is 32.5. The van der Waals surface area contributed by atoms with Crippen LogP contribution in [0.25, 0.3) is 43.1 Å². The first-order valence-corrected chi connectivity index (χ1v) is 32.5. The molecule has 102 heavy (non-hydrogen) atoms. The van der Waals surface area contributed by atoms with Gasteiger partial charge in [0.2, 0.25) is 11.8 Å². The molecular formula is C78H56F4N4O16. The van der Waals surface area contributed by atoms with Gasteiger partial charge in [-0.3, -0.25) is 38.6 Å². The maximum atomic E-state index is 16.2. The molecule has 4 atom stereocenters. The molecule has 4 heterocycles. The highest BCUT2D eigenvalue weighted by atomic mass is 19.1. The highest BCUT2D eigenvalue weighted by Gasteiger charge is 2.47. The number of halogens is 4. The molecule has 20 nitrogen and oxygen atoms in total. The van der Waals surface area contributed by atoms with Crippen LogP contribution in [0.4, 0.5) is 17.6 Å². The van der Waals surface area contributed by atoms with Gasteiger partial charge in [0, 0.05) is 93.3 Å². The lowest BCUT2D eigenvalue weighted by atomic mass is 9.80. The van der Waals surface area contributed by atoms with Crippen molar-refractivity contribution in [2.75, 3.05) is 39.5 Å². The van der Waals surface area contributed by atoms with E-state index in [2.05, 4.69) is 10.6 Å². The van der Waals surface area contributed by atoms with Gasteiger partial charge in [0.15, 0.2) is 0 Å². The fourth-order valence-electron chi connectivity index (χ4n) is 13.0. The third-order valence-corrected chi connectivity index (χ3v) is 17.8. The van der Waals surface area contributed by atoms with Gasteiger partial charge in [-0.2, -0.15) is 0 Å². The summed E-state index contributed by atoms with van der Waals surface area (Å²) in [6.07, 6.45) is -1.54. The van der Waals surface area contributed by atoms with Gasteiger partial charge < -0.3 is 48.5 Å². The molecule has 0 spiro atoms. The maximum absolute atomic E-state index is 16.2. The number of nitrogens with one attached hydrogen (secondary N) is 2. The molecule has 0 aromatic heterocycles. The number of carbonyl (C=O) groups is 8. The predicted molar refractivity (Wildman–Crippen MR) is 359 cm³/mol. The second kappa shape index (κ2) is 27.4. The van der Waals surface area contributed by atoms with Gasteiger partial charge in [-0.1, -0.05) is 84.9 Å². The summed E-state index contributed by atoms with van der Waals surface area (Å²) in [7, 11) is 0. The minimum atomic E-state index is -1.76. The summed E-state index contributed by atoms with van der Waals surface area (Å²) in [6.45, 7) is 0.449. The summed E-state index contributed by atoms with van der Waals surface area (Å²) in [5, 5.41) is 4.48. The Bertz CT molecular complexity index is 4720. The molecule has 512 valence electrons. The van der Waals surface area contributed by atoms with Crippen LogP contribution in [0.1, 0.15) is 65.4 Å². The van der Waals surface area contributed by atoms with Crippen LogP contribution in [0.2, 0.25) is 0 Å². The lowest BCUT2D eigenvalue weighted by Crippen LogP contribution is -2.52. The monoisotopic (exact) mass is 1380 g/mol. The van der Waals surface area contributed by atoms with Crippen LogP contribution in [0, 0.1) is 23.3 Å². The van der Waals surface area contributed by atoms with Crippen LogP contribution >= 0.6 is 0 Å². The smallest absolute Gasteiger partial charge is 0.329 e. The topological polar surface area (TPSA) is 248 Å². The molecule has 11 aromatic carbocycles. The SMILES string of the molecule is O=C(CCOC(=O)C(Cc1ccccc1)N1C(=O)c2cc(Oc3cccc(F)c3)c3c4c(Oc5cccc(F)c5)cc5c6c(cc(Oc7cccc(F)c7)c(c7c(Oc8cccc(F)c8)cc(c2c37)C1=O)c64)C(=O)N(C(Cc1ccccc1)C(=O)OCCC(=O)NCC1CO1)C5=O)NCC1CO1. The minimum Gasteiger partial charge on any atom is -0.464 e. The Balaban J connectivity index is 1.01. The van der Waals surface area contributed by atoms with Gasteiger partial charge >= 0.3 is 11.9 Å². The number of rotatable bonds is 26.